The van der Waals surface area contributed by atoms with Gasteiger partial charge in [0.2, 0.25) is 0 Å². The molecule has 0 amide bonds. The van der Waals surface area contributed by atoms with E-state index < -0.39 is 0 Å². The van der Waals surface area contributed by atoms with Gasteiger partial charge < -0.3 is 0 Å². The fourth-order valence-corrected chi connectivity index (χ4v) is 8.59. The van der Waals surface area contributed by atoms with E-state index in [9.17, 15) is 4.79 Å². The van der Waals surface area contributed by atoms with Crippen LogP contribution in [0.25, 0.3) is 0 Å². The van der Waals surface area contributed by atoms with Crippen LogP contribution in [0.1, 0.15) is 106 Å². The average Bonchev–Trinajstić information content (AvgIpc) is 3.03. The van der Waals surface area contributed by atoms with Gasteiger partial charge in [0.15, 0.2) is 5.78 Å². The molecule has 0 unspecified atom stereocenters. The Morgan fingerprint density at radius 1 is 0.931 bits per heavy atom. The summed E-state index contributed by atoms with van der Waals surface area (Å²) in [6.07, 6.45) is 15.1. The lowest BCUT2D eigenvalue weighted by molar-refractivity contribution is -0.117. The summed E-state index contributed by atoms with van der Waals surface area (Å²) in [5.74, 6) is 6.57. The Hall–Kier alpha value is -0.590. The van der Waals surface area contributed by atoms with Crippen molar-refractivity contribution in [2.24, 2.45) is 52.3 Å². The summed E-state index contributed by atoms with van der Waals surface area (Å²) < 4.78 is 0. The Bertz CT molecular complexity index is 659. The number of hydrogen-bond donors (Lipinski definition) is 0. The van der Waals surface area contributed by atoms with E-state index in [4.69, 9.17) is 0 Å². The highest BCUT2D eigenvalue weighted by Gasteiger charge is 2.59. The summed E-state index contributed by atoms with van der Waals surface area (Å²) in [6.45, 7) is 15.0. The molecule has 0 N–H and O–H groups in total. The lowest BCUT2D eigenvalue weighted by atomic mass is 9.46. The van der Waals surface area contributed by atoms with E-state index >= 15 is 0 Å². The number of allylic oxidation sites excluding steroid dienone is 1. The first-order valence-corrected chi connectivity index (χ1v) is 12.9. The summed E-state index contributed by atoms with van der Waals surface area (Å²) in [7, 11) is 0. The summed E-state index contributed by atoms with van der Waals surface area (Å²) in [5.41, 5.74) is 2.42. The van der Waals surface area contributed by atoms with Crippen LogP contribution in [0.3, 0.4) is 0 Å². The van der Waals surface area contributed by atoms with E-state index in [2.05, 4.69) is 47.6 Å². The Balaban J connectivity index is 1.49. The van der Waals surface area contributed by atoms with Crippen LogP contribution in [0.15, 0.2) is 11.6 Å². The van der Waals surface area contributed by atoms with Gasteiger partial charge >= 0.3 is 0 Å². The first kappa shape index (κ1) is 21.6. The zero-order valence-corrected chi connectivity index (χ0v) is 20.1. The molecular formula is C28H46O. The second-order valence-corrected chi connectivity index (χ2v) is 12.5. The minimum atomic E-state index is 0.328. The molecule has 0 spiro atoms. The van der Waals surface area contributed by atoms with Crippen molar-refractivity contribution in [3.05, 3.63) is 11.6 Å². The predicted octanol–water partition coefficient (Wildman–Crippen LogP) is 7.84. The third-order valence-electron chi connectivity index (χ3n) is 10.9. The van der Waals surface area contributed by atoms with Crippen molar-refractivity contribution in [1.29, 1.82) is 0 Å². The van der Waals surface area contributed by atoms with Crippen LogP contribution < -0.4 is 0 Å². The molecule has 3 saturated carbocycles. The van der Waals surface area contributed by atoms with E-state index in [0.717, 1.165) is 54.3 Å². The van der Waals surface area contributed by atoms with Gasteiger partial charge in [0.05, 0.1) is 0 Å². The van der Waals surface area contributed by atoms with Gasteiger partial charge in [-0.2, -0.15) is 0 Å². The van der Waals surface area contributed by atoms with Crippen molar-refractivity contribution in [3.63, 3.8) is 0 Å². The molecule has 164 valence electrons. The summed E-state index contributed by atoms with van der Waals surface area (Å²) in [5, 5.41) is 0. The molecule has 0 bridgehead atoms. The van der Waals surface area contributed by atoms with Gasteiger partial charge in [0.1, 0.15) is 0 Å². The summed E-state index contributed by atoms with van der Waals surface area (Å²) >= 11 is 0. The number of hydrogen-bond acceptors (Lipinski definition) is 1. The Morgan fingerprint density at radius 3 is 2.41 bits per heavy atom. The van der Waals surface area contributed by atoms with E-state index in [0.29, 0.717) is 16.6 Å². The predicted molar refractivity (Wildman–Crippen MR) is 123 cm³/mol. The number of carbonyl (C=O) groups is 1. The number of ketones is 1. The molecular weight excluding hydrogens is 352 g/mol. The summed E-state index contributed by atoms with van der Waals surface area (Å²) in [6, 6.07) is 0. The first-order chi connectivity index (χ1) is 13.7. The monoisotopic (exact) mass is 398 g/mol. The molecule has 8 atom stereocenters. The van der Waals surface area contributed by atoms with Crippen LogP contribution in [0.5, 0.6) is 0 Å². The maximum Gasteiger partial charge on any atom is 0.155 e. The van der Waals surface area contributed by atoms with Crippen molar-refractivity contribution in [3.8, 4) is 0 Å². The molecule has 0 aliphatic heterocycles. The maximum absolute atomic E-state index is 12.0. The van der Waals surface area contributed by atoms with E-state index in [1.54, 1.807) is 0 Å². The normalized spacial score (nSPS) is 44.0. The van der Waals surface area contributed by atoms with Crippen molar-refractivity contribution in [2.75, 3.05) is 0 Å². The minimum Gasteiger partial charge on any atom is -0.295 e. The molecule has 0 saturated heterocycles. The van der Waals surface area contributed by atoms with Crippen LogP contribution in [-0.4, -0.2) is 5.78 Å². The zero-order valence-electron chi connectivity index (χ0n) is 20.1. The van der Waals surface area contributed by atoms with Crippen molar-refractivity contribution >= 4 is 5.78 Å². The lowest BCUT2D eigenvalue weighted by Crippen LogP contribution is -2.51. The van der Waals surface area contributed by atoms with Gasteiger partial charge in [-0.15, -0.1) is 0 Å². The summed E-state index contributed by atoms with van der Waals surface area (Å²) in [4.78, 5) is 12.0. The number of rotatable bonds is 5. The standard InChI is InChI=1S/C28H46O/c1-18(2)19(3)7-8-20(4)24-11-12-25-23-10-9-21-17-22(29)13-15-27(21,5)26(23)14-16-28(24,25)6/h17-20,23-26H,7-16H2,1-6H3/t19-,20-,23+,24-,25+,26+,27+,28-/m1/s1. The smallest absolute Gasteiger partial charge is 0.155 e. The highest BCUT2D eigenvalue weighted by Crippen LogP contribution is 2.67. The van der Waals surface area contributed by atoms with Crippen LogP contribution in [0.2, 0.25) is 0 Å². The van der Waals surface area contributed by atoms with Crippen LogP contribution in [0, 0.1) is 52.3 Å². The van der Waals surface area contributed by atoms with Crippen molar-refractivity contribution in [1.82, 2.24) is 0 Å². The van der Waals surface area contributed by atoms with Crippen molar-refractivity contribution < 1.29 is 4.79 Å². The van der Waals surface area contributed by atoms with Crippen LogP contribution >= 0.6 is 0 Å². The average molecular weight is 399 g/mol. The zero-order chi connectivity index (χ0) is 21.0. The fraction of sp³-hybridized carbons (Fsp3) is 0.893. The van der Waals surface area contributed by atoms with Gasteiger partial charge in [-0.05, 0) is 103 Å². The van der Waals surface area contributed by atoms with Gasteiger partial charge in [0.25, 0.3) is 0 Å². The maximum atomic E-state index is 12.0. The van der Waals surface area contributed by atoms with Gasteiger partial charge in [-0.3, -0.25) is 4.79 Å². The molecule has 3 fully saturated rings. The van der Waals surface area contributed by atoms with Crippen molar-refractivity contribution in [2.45, 2.75) is 106 Å². The molecule has 4 aliphatic carbocycles. The highest BCUT2D eigenvalue weighted by atomic mass is 16.1. The topological polar surface area (TPSA) is 17.1 Å². The van der Waals surface area contributed by atoms with E-state index in [1.807, 2.05) is 0 Å². The second-order valence-electron chi connectivity index (χ2n) is 12.5. The highest BCUT2D eigenvalue weighted by molar-refractivity contribution is 5.91. The molecule has 4 rings (SSSR count). The third kappa shape index (κ3) is 3.57. The molecule has 4 aliphatic rings. The molecule has 29 heavy (non-hydrogen) atoms. The SMILES string of the molecule is CC(C)[C@H](C)CC[C@@H](C)[C@H]1CC[C@H]2[C@@H]3CCC4=CC(=O)CC[C@]4(C)[C@H]3CC[C@]12C. The van der Waals surface area contributed by atoms with Gasteiger partial charge in [0, 0.05) is 6.42 Å². The minimum absolute atomic E-state index is 0.328. The molecule has 1 nitrogen and oxygen atoms in total. The molecule has 0 aromatic heterocycles. The first-order valence-electron chi connectivity index (χ1n) is 12.9. The van der Waals surface area contributed by atoms with Gasteiger partial charge in [-0.1, -0.05) is 60.0 Å². The van der Waals surface area contributed by atoms with Gasteiger partial charge in [-0.25, -0.2) is 0 Å². The molecule has 0 aromatic rings. The van der Waals surface area contributed by atoms with E-state index in [1.165, 1.54) is 56.9 Å². The third-order valence-corrected chi connectivity index (χ3v) is 10.9. The molecule has 0 heterocycles. The Morgan fingerprint density at radius 2 is 1.69 bits per heavy atom. The lowest BCUT2D eigenvalue weighted by Gasteiger charge is -2.58. The quantitative estimate of drug-likeness (QED) is 0.461. The largest absolute Gasteiger partial charge is 0.295 e. The number of fused-ring (bicyclic) bond motifs is 5. The second kappa shape index (κ2) is 7.83. The molecule has 1 heteroatoms. The van der Waals surface area contributed by atoms with E-state index in [-0.39, 0.29) is 0 Å². The van der Waals surface area contributed by atoms with Crippen LogP contribution in [0.4, 0.5) is 0 Å². The number of carbonyl (C=O) groups excluding carboxylic acids is 1. The molecule has 0 radical (unpaired) electrons. The molecule has 0 aromatic carbocycles. The fourth-order valence-electron chi connectivity index (χ4n) is 8.59. The Kier molecular flexibility index (Phi) is 5.84. The Labute approximate surface area is 180 Å². The van der Waals surface area contributed by atoms with Crippen LogP contribution in [-0.2, 0) is 4.79 Å².